The highest BCUT2D eigenvalue weighted by Gasteiger charge is 2.37. The van der Waals surface area contributed by atoms with Gasteiger partial charge in [0.25, 0.3) is 0 Å². The molecule has 1 aromatic carbocycles. The van der Waals surface area contributed by atoms with Gasteiger partial charge in [-0.1, -0.05) is 6.07 Å². The molecule has 0 heterocycles. The number of hydrogen-bond donors (Lipinski definition) is 1. The first-order chi connectivity index (χ1) is 7.80. The molecule has 2 N–H and O–H groups in total. The van der Waals surface area contributed by atoms with E-state index in [4.69, 9.17) is 15.2 Å². The predicted molar refractivity (Wildman–Crippen MR) is 64.1 cm³/mol. The predicted octanol–water partition coefficient (Wildman–Crippen LogP) is 2.16. The molecule has 1 saturated carbocycles. The molecule has 0 amide bonds. The normalized spacial score (nSPS) is 22.9. The van der Waals surface area contributed by atoms with E-state index in [0.29, 0.717) is 18.4 Å². The molecular formula is C13H19NO2. The molecule has 1 fully saturated rings. The fraction of sp³-hybridized carbons (Fsp3) is 0.538. The van der Waals surface area contributed by atoms with Crippen molar-refractivity contribution in [2.75, 3.05) is 20.3 Å². The summed E-state index contributed by atoms with van der Waals surface area (Å²) in [6.07, 6.45) is 1.20. The Balaban J connectivity index is 2.17. The standard InChI is InChI=1S/C13H19NO2/c1-3-16-12-5-4-9(7-13(12)15-2)11-6-10(11)8-14/h4-5,7,10-11H,3,6,8,14H2,1-2H3. The molecule has 2 rings (SSSR count). The van der Waals surface area contributed by atoms with Crippen LogP contribution < -0.4 is 15.2 Å². The van der Waals surface area contributed by atoms with E-state index in [1.807, 2.05) is 13.0 Å². The first-order valence-corrected chi connectivity index (χ1v) is 5.81. The zero-order chi connectivity index (χ0) is 11.5. The van der Waals surface area contributed by atoms with Gasteiger partial charge in [0.15, 0.2) is 11.5 Å². The second-order valence-corrected chi connectivity index (χ2v) is 4.18. The van der Waals surface area contributed by atoms with E-state index in [1.54, 1.807) is 7.11 Å². The second-order valence-electron chi connectivity index (χ2n) is 4.18. The van der Waals surface area contributed by atoms with Crippen LogP contribution in [0.3, 0.4) is 0 Å². The third kappa shape index (κ3) is 2.14. The topological polar surface area (TPSA) is 44.5 Å². The Bertz CT molecular complexity index is 365. The van der Waals surface area contributed by atoms with Crippen LogP contribution in [0.1, 0.15) is 24.8 Å². The summed E-state index contributed by atoms with van der Waals surface area (Å²) in [5.41, 5.74) is 6.97. The lowest BCUT2D eigenvalue weighted by Gasteiger charge is -2.10. The second kappa shape index (κ2) is 4.74. The van der Waals surface area contributed by atoms with Crippen molar-refractivity contribution in [2.24, 2.45) is 11.7 Å². The molecule has 88 valence electrons. The monoisotopic (exact) mass is 221 g/mol. The van der Waals surface area contributed by atoms with Crippen LogP contribution in [0.15, 0.2) is 18.2 Å². The third-order valence-electron chi connectivity index (χ3n) is 3.14. The molecule has 0 radical (unpaired) electrons. The number of methoxy groups -OCH3 is 1. The molecule has 16 heavy (non-hydrogen) atoms. The maximum atomic E-state index is 5.65. The zero-order valence-electron chi connectivity index (χ0n) is 9.90. The largest absolute Gasteiger partial charge is 0.493 e. The van der Waals surface area contributed by atoms with E-state index in [0.717, 1.165) is 18.0 Å². The molecule has 0 bridgehead atoms. The van der Waals surface area contributed by atoms with Gasteiger partial charge in [-0.2, -0.15) is 0 Å². The molecule has 0 spiro atoms. The molecule has 0 saturated heterocycles. The fourth-order valence-corrected chi connectivity index (χ4v) is 2.11. The lowest BCUT2D eigenvalue weighted by Crippen LogP contribution is -2.02. The Morgan fingerprint density at radius 3 is 2.75 bits per heavy atom. The Labute approximate surface area is 96.5 Å². The van der Waals surface area contributed by atoms with Crippen LogP contribution >= 0.6 is 0 Å². The highest BCUT2D eigenvalue weighted by molar-refractivity contribution is 5.45. The highest BCUT2D eigenvalue weighted by Crippen LogP contribution is 2.48. The minimum Gasteiger partial charge on any atom is -0.493 e. The fourth-order valence-electron chi connectivity index (χ4n) is 2.11. The molecule has 1 aliphatic carbocycles. The third-order valence-corrected chi connectivity index (χ3v) is 3.14. The van der Waals surface area contributed by atoms with E-state index in [2.05, 4.69) is 12.1 Å². The van der Waals surface area contributed by atoms with E-state index in [1.165, 1.54) is 12.0 Å². The summed E-state index contributed by atoms with van der Waals surface area (Å²) >= 11 is 0. The van der Waals surface area contributed by atoms with Crippen molar-refractivity contribution in [2.45, 2.75) is 19.3 Å². The minimum absolute atomic E-state index is 0.620. The lowest BCUT2D eigenvalue weighted by atomic mass is 10.1. The van der Waals surface area contributed by atoms with Gasteiger partial charge in [0.1, 0.15) is 0 Å². The quantitative estimate of drug-likeness (QED) is 0.828. The molecule has 1 aliphatic rings. The number of hydrogen-bond acceptors (Lipinski definition) is 3. The SMILES string of the molecule is CCOc1ccc(C2CC2CN)cc1OC. The van der Waals surface area contributed by atoms with Crippen molar-refractivity contribution in [1.29, 1.82) is 0 Å². The van der Waals surface area contributed by atoms with Crippen LogP contribution in [0, 0.1) is 5.92 Å². The summed E-state index contributed by atoms with van der Waals surface area (Å²) in [5.74, 6) is 2.91. The van der Waals surface area contributed by atoms with Gasteiger partial charge < -0.3 is 15.2 Å². The van der Waals surface area contributed by atoms with Gasteiger partial charge in [-0.15, -0.1) is 0 Å². The Morgan fingerprint density at radius 2 is 2.19 bits per heavy atom. The van der Waals surface area contributed by atoms with Crippen molar-refractivity contribution in [1.82, 2.24) is 0 Å². The summed E-state index contributed by atoms with van der Waals surface area (Å²) in [4.78, 5) is 0. The molecule has 2 atom stereocenters. The maximum Gasteiger partial charge on any atom is 0.161 e. The average molecular weight is 221 g/mol. The number of benzene rings is 1. The Kier molecular flexibility index (Phi) is 3.34. The smallest absolute Gasteiger partial charge is 0.161 e. The van der Waals surface area contributed by atoms with Gasteiger partial charge in [0, 0.05) is 0 Å². The Morgan fingerprint density at radius 1 is 1.38 bits per heavy atom. The van der Waals surface area contributed by atoms with Crippen molar-refractivity contribution in [3.8, 4) is 11.5 Å². The molecule has 1 aromatic rings. The van der Waals surface area contributed by atoms with Crippen molar-refractivity contribution < 1.29 is 9.47 Å². The van der Waals surface area contributed by atoms with Crippen LogP contribution in [0.5, 0.6) is 11.5 Å². The zero-order valence-corrected chi connectivity index (χ0v) is 9.90. The lowest BCUT2D eigenvalue weighted by molar-refractivity contribution is 0.310. The van der Waals surface area contributed by atoms with Crippen molar-refractivity contribution >= 4 is 0 Å². The van der Waals surface area contributed by atoms with Gasteiger partial charge >= 0.3 is 0 Å². The number of rotatable bonds is 5. The van der Waals surface area contributed by atoms with Gasteiger partial charge in [0.2, 0.25) is 0 Å². The maximum absolute atomic E-state index is 5.65. The van der Waals surface area contributed by atoms with E-state index in [-0.39, 0.29) is 0 Å². The molecule has 3 heteroatoms. The van der Waals surface area contributed by atoms with Crippen molar-refractivity contribution in [3.05, 3.63) is 23.8 Å². The van der Waals surface area contributed by atoms with Gasteiger partial charge in [-0.25, -0.2) is 0 Å². The van der Waals surface area contributed by atoms with Crippen LogP contribution in [0.25, 0.3) is 0 Å². The molecule has 0 aliphatic heterocycles. The summed E-state index contributed by atoms with van der Waals surface area (Å²) in [6, 6.07) is 6.18. The summed E-state index contributed by atoms with van der Waals surface area (Å²) < 4.78 is 10.8. The van der Waals surface area contributed by atoms with E-state index >= 15 is 0 Å². The van der Waals surface area contributed by atoms with Crippen LogP contribution in [0.2, 0.25) is 0 Å². The highest BCUT2D eigenvalue weighted by atomic mass is 16.5. The van der Waals surface area contributed by atoms with Crippen LogP contribution in [-0.4, -0.2) is 20.3 Å². The average Bonchev–Trinajstić information content (AvgIpc) is 3.09. The van der Waals surface area contributed by atoms with Crippen molar-refractivity contribution in [3.63, 3.8) is 0 Å². The molecule has 3 nitrogen and oxygen atoms in total. The Hall–Kier alpha value is -1.22. The molecule has 2 unspecified atom stereocenters. The summed E-state index contributed by atoms with van der Waals surface area (Å²) in [7, 11) is 1.68. The molecular weight excluding hydrogens is 202 g/mol. The van der Waals surface area contributed by atoms with E-state index in [9.17, 15) is 0 Å². The van der Waals surface area contributed by atoms with Gasteiger partial charge in [-0.3, -0.25) is 0 Å². The first-order valence-electron chi connectivity index (χ1n) is 5.81. The number of ether oxygens (including phenoxy) is 2. The number of nitrogens with two attached hydrogens (primary N) is 1. The van der Waals surface area contributed by atoms with E-state index < -0.39 is 0 Å². The molecule has 0 aromatic heterocycles. The van der Waals surface area contributed by atoms with Gasteiger partial charge in [0.05, 0.1) is 13.7 Å². The summed E-state index contributed by atoms with van der Waals surface area (Å²) in [5, 5.41) is 0. The first kappa shape index (κ1) is 11.3. The van der Waals surface area contributed by atoms with Gasteiger partial charge in [-0.05, 0) is 49.4 Å². The summed E-state index contributed by atoms with van der Waals surface area (Å²) in [6.45, 7) is 3.41. The minimum atomic E-state index is 0.620. The van der Waals surface area contributed by atoms with Crippen LogP contribution in [-0.2, 0) is 0 Å². The van der Waals surface area contributed by atoms with Crippen LogP contribution in [0.4, 0.5) is 0 Å².